The summed E-state index contributed by atoms with van der Waals surface area (Å²) in [7, 11) is 0. The van der Waals surface area contributed by atoms with Gasteiger partial charge in [0.15, 0.2) is 5.69 Å². The molecule has 1 amide bonds. The van der Waals surface area contributed by atoms with E-state index in [0.29, 0.717) is 37.9 Å². The van der Waals surface area contributed by atoms with Crippen molar-refractivity contribution in [3.63, 3.8) is 0 Å². The topological polar surface area (TPSA) is 67.4 Å². The van der Waals surface area contributed by atoms with Crippen LogP contribution in [0.25, 0.3) is 0 Å². The number of benzene rings is 1. The van der Waals surface area contributed by atoms with E-state index in [4.69, 9.17) is 16.3 Å². The molecule has 3 rings (SSSR count). The van der Waals surface area contributed by atoms with E-state index in [1.165, 1.54) is 11.8 Å². The summed E-state index contributed by atoms with van der Waals surface area (Å²) in [5.41, 5.74) is 2.09. The van der Waals surface area contributed by atoms with E-state index in [1.54, 1.807) is 0 Å². The number of halogens is 1. The van der Waals surface area contributed by atoms with E-state index < -0.39 is 0 Å². The summed E-state index contributed by atoms with van der Waals surface area (Å²) in [5, 5.41) is 3.05. The van der Waals surface area contributed by atoms with Crippen molar-refractivity contribution < 1.29 is 9.53 Å². The molecule has 6 nitrogen and oxygen atoms in total. The molecule has 0 atom stereocenters. The fourth-order valence-electron chi connectivity index (χ4n) is 2.45. The average Bonchev–Trinajstić information content (AvgIpc) is 2.63. The van der Waals surface area contributed by atoms with Crippen LogP contribution in [0.1, 0.15) is 23.0 Å². The highest BCUT2D eigenvalue weighted by molar-refractivity contribution is 6.34. The first-order valence-corrected chi connectivity index (χ1v) is 8.30. The second kappa shape index (κ2) is 7.59. The minimum atomic E-state index is -0.346. The molecule has 126 valence electrons. The predicted molar refractivity (Wildman–Crippen MR) is 93.8 cm³/mol. The Morgan fingerprint density at radius 1 is 1.29 bits per heavy atom. The van der Waals surface area contributed by atoms with Gasteiger partial charge in [-0.15, -0.1) is 0 Å². The number of amides is 1. The van der Waals surface area contributed by atoms with Crippen LogP contribution in [-0.4, -0.2) is 42.2 Å². The summed E-state index contributed by atoms with van der Waals surface area (Å²) < 4.78 is 5.32. The number of nitrogens with one attached hydrogen (secondary N) is 1. The second-order valence-electron chi connectivity index (χ2n) is 5.47. The molecule has 7 heteroatoms. The molecule has 2 aromatic rings. The molecule has 2 heterocycles. The summed E-state index contributed by atoms with van der Waals surface area (Å²) in [4.78, 5) is 23.0. The number of hydrogen-bond donors (Lipinski definition) is 1. The number of anilines is 2. The van der Waals surface area contributed by atoms with Crippen LogP contribution >= 0.6 is 11.6 Å². The van der Waals surface area contributed by atoms with Crippen LogP contribution < -0.4 is 10.2 Å². The molecule has 1 saturated heterocycles. The third-order valence-electron chi connectivity index (χ3n) is 3.86. The maximum Gasteiger partial charge on any atom is 0.276 e. The summed E-state index contributed by atoms with van der Waals surface area (Å²) in [6, 6.07) is 7.70. The van der Waals surface area contributed by atoms with Crippen molar-refractivity contribution in [3.05, 3.63) is 46.7 Å². The van der Waals surface area contributed by atoms with E-state index in [0.717, 1.165) is 6.42 Å². The maximum atomic E-state index is 12.5. The Balaban J connectivity index is 1.77. The van der Waals surface area contributed by atoms with Gasteiger partial charge in [-0.05, 0) is 24.1 Å². The highest BCUT2D eigenvalue weighted by Gasteiger charge is 2.19. The smallest absolute Gasteiger partial charge is 0.276 e. The van der Waals surface area contributed by atoms with Gasteiger partial charge in [-0.2, -0.15) is 0 Å². The highest BCUT2D eigenvalue weighted by Crippen LogP contribution is 2.19. The monoisotopic (exact) mass is 346 g/mol. The molecular formula is C17H19ClN4O2. The standard InChI is InChI=1S/C17H19ClN4O2/c1-2-12-3-5-13(6-4-12)20-16(23)15-14(18)11-19-17(21-15)22-7-9-24-10-8-22/h3-6,11H,2,7-10H2,1H3,(H,20,23). The van der Waals surface area contributed by atoms with Gasteiger partial charge in [0.25, 0.3) is 5.91 Å². The van der Waals surface area contributed by atoms with Gasteiger partial charge in [-0.3, -0.25) is 4.79 Å². The third kappa shape index (κ3) is 3.83. The van der Waals surface area contributed by atoms with Gasteiger partial charge in [-0.25, -0.2) is 9.97 Å². The molecular weight excluding hydrogens is 328 g/mol. The lowest BCUT2D eigenvalue weighted by atomic mass is 10.1. The van der Waals surface area contributed by atoms with Crippen LogP contribution in [0.3, 0.4) is 0 Å². The van der Waals surface area contributed by atoms with Gasteiger partial charge in [0, 0.05) is 18.8 Å². The lowest BCUT2D eigenvalue weighted by molar-refractivity contribution is 0.102. The fraction of sp³-hybridized carbons (Fsp3) is 0.353. The van der Waals surface area contributed by atoms with Crippen molar-refractivity contribution >= 4 is 29.1 Å². The lowest BCUT2D eigenvalue weighted by Gasteiger charge is -2.26. The minimum Gasteiger partial charge on any atom is -0.378 e. The van der Waals surface area contributed by atoms with Crippen molar-refractivity contribution in [3.8, 4) is 0 Å². The molecule has 0 bridgehead atoms. The zero-order valence-electron chi connectivity index (χ0n) is 13.5. The Morgan fingerprint density at radius 3 is 2.67 bits per heavy atom. The second-order valence-corrected chi connectivity index (χ2v) is 5.88. The van der Waals surface area contributed by atoms with Crippen molar-refractivity contribution in [2.75, 3.05) is 36.5 Å². The van der Waals surface area contributed by atoms with Crippen molar-refractivity contribution in [2.45, 2.75) is 13.3 Å². The molecule has 0 unspecified atom stereocenters. The van der Waals surface area contributed by atoms with Gasteiger partial charge in [-0.1, -0.05) is 30.7 Å². The molecule has 24 heavy (non-hydrogen) atoms. The number of aromatic nitrogens is 2. The van der Waals surface area contributed by atoms with Crippen LogP contribution in [0.4, 0.5) is 11.6 Å². The molecule has 1 aliphatic rings. The zero-order chi connectivity index (χ0) is 16.9. The van der Waals surface area contributed by atoms with Gasteiger partial charge in [0.1, 0.15) is 0 Å². The van der Waals surface area contributed by atoms with Crippen molar-refractivity contribution in [1.29, 1.82) is 0 Å². The Kier molecular flexibility index (Phi) is 5.27. The summed E-state index contributed by atoms with van der Waals surface area (Å²) in [6.07, 6.45) is 2.42. The number of carbonyl (C=O) groups excluding carboxylic acids is 1. The van der Waals surface area contributed by atoms with Crippen LogP contribution in [-0.2, 0) is 11.2 Å². The first kappa shape index (κ1) is 16.7. The zero-order valence-corrected chi connectivity index (χ0v) is 14.2. The van der Waals surface area contributed by atoms with E-state index in [2.05, 4.69) is 22.2 Å². The molecule has 0 saturated carbocycles. The maximum absolute atomic E-state index is 12.5. The first-order chi connectivity index (χ1) is 11.7. The summed E-state index contributed by atoms with van der Waals surface area (Å²) in [5.74, 6) is 0.148. The molecule has 0 spiro atoms. The van der Waals surface area contributed by atoms with E-state index in [-0.39, 0.29) is 16.6 Å². The van der Waals surface area contributed by atoms with E-state index in [1.807, 2.05) is 29.2 Å². The van der Waals surface area contributed by atoms with Crippen LogP contribution in [0, 0.1) is 0 Å². The summed E-state index contributed by atoms with van der Waals surface area (Å²) in [6.45, 7) is 4.72. The van der Waals surface area contributed by atoms with E-state index >= 15 is 0 Å². The van der Waals surface area contributed by atoms with Crippen molar-refractivity contribution in [2.24, 2.45) is 0 Å². The minimum absolute atomic E-state index is 0.174. The molecule has 0 radical (unpaired) electrons. The van der Waals surface area contributed by atoms with Gasteiger partial charge >= 0.3 is 0 Å². The SMILES string of the molecule is CCc1ccc(NC(=O)c2nc(N3CCOCC3)ncc2Cl)cc1. The molecule has 1 aromatic carbocycles. The molecule has 1 aromatic heterocycles. The Bertz CT molecular complexity index is 715. The molecule has 1 N–H and O–H groups in total. The normalized spacial score (nSPS) is 14.5. The average molecular weight is 347 g/mol. The molecule has 0 aliphatic carbocycles. The molecule has 1 fully saturated rings. The Morgan fingerprint density at radius 2 is 2.00 bits per heavy atom. The summed E-state index contributed by atoms with van der Waals surface area (Å²) >= 11 is 6.11. The van der Waals surface area contributed by atoms with Crippen LogP contribution in [0.15, 0.2) is 30.5 Å². The van der Waals surface area contributed by atoms with Crippen LogP contribution in [0.2, 0.25) is 5.02 Å². The quantitative estimate of drug-likeness (QED) is 0.922. The Hall–Kier alpha value is -2.18. The number of hydrogen-bond acceptors (Lipinski definition) is 5. The highest BCUT2D eigenvalue weighted by atomic mass is 35.5. The van der Waals surface area contributed by atoms with Crippen LogP contribution in [0.5, 0.6) is 0 Å². The van der Waals surface area contributed by atoms with Gasteiger partial charge < -0.3 is 15.0 Å². The molecule has 1 aliphatic heterocycles. The number of nitrogens with zero attached hydrogens (tertiary/aromatic N) is 3. The van der Waals surface area contributed by atoms with Gasteiger partial charge in [0.05, 0.1) is 24.4 Å². The number of carbonyl (C=O) groups is 1. The van der Waals surface area contributed by atoms with E-state index in [9.17, 15) is 4.79 Å². The fourth-order valence-corrected chi connectivity index (χ4v) is 2.62. The van der Waals surface area contributed by atoms with Crippen molar-refractivity contribution in [1.82, 2.24) is 9.97 Å². The largest absolute Gasteiger partial charge is 0.378 e. The third-order valence-corrected chi connectivity index (χ3v) is 4.14. The lowest BCUT2D eigenvalue weighted by Crippen LogP contribution is -2.37. The number of ether oxygens (including phenoxy) is 1. The first-order valence-electron chi connectivity index (χ1n) is 7.93. The number of rotatable bonds is 4. The van der Waals surface area contributed by atoms with Gasteiger partial charge in [0.2, 0.25) is 5.95 Å². The number of aryl methyl sites for hydroxylation is 1. The Labute approximate surface area is 145 Å². The number of morpholine rings is 1. The predicted octanol–water partition coefficient (Wildman–Crippen LogP) is 2.78.